The number of nitrogens with one attached hydrogen (secondary N) is 2. The maximum Gasteiger partial charge on any atom is 0.307 e. The molecule has 0 heterocycles. The number of aliphatic carboxylic acids is 2. The summed E-state index contributed by atoms with van der Waals surface area (Å²) in [7, 11) is 6.65. The van der Waals surface area contributed by atoms with Crippen molar-refractivity contribution in [3.05, 3.63) is 0 Å². The Kier molecular flexibility index (Phi) is 15.9. The van der Waals surface area contributed by atoms with Crippen LogP contribution < -0.4 is 33.6 Å². The number of aliphatic hydroxyl groups is 5. The van der Waals surface area contributed by atoms with Crippen LogP contribution in [0.2, 0.25) is 0 Å². The lowest BCUT2D eigenvalue weighted by Gasteiger charge is -2.39. The van der Waals surface area contributed by atoms with Gasteiger partial charge < -0.3 is 69.3 Å². The summed E-state index contributed by atoms with van der Waals surface area (Å²) in [4.78, 5) is 58.0. The van der Waals surface area contributed by atoms with Crippen LogP contribution in [-0.4, -0.2) is 145 Å². The van der Waals surface area contributed by atoms with Gasteiger partial charge in [-0.1, -0.05) is 0 Å². The van der Waals surface area contributed by atoms with Gasteiger partial charge in [0.1, 0.15) is 12.2 Å². The average molecular weight is 717 g/mol. The molecular weight excluding hydrogens is 667 g/mol. The van der Waals surface area contributed by atoms with E-state index in [-0.39, 0.29) is 31.6 Å². The smallest absolute Gasteiger partial charge is 0.307 e. The summed E-state index contributed by atoms with van der Waals surface area (Å²) < 4.78 is 0. The van der Waals surface area contributed by atoms with Crippen molar-refractivity contribution >= 4 is 55.3 Å². The molecule has 0 aromatic carbocycles. The number of hydrogen-bond donors (Lipinski definition) is 13. The van der Waals surface area contributed by atoms with Gasteiger partial charge in [-0.2, -0.15) is 11.8 Å². The molecule has 276 valence electrons. The first-order valence-electron chi connectivity index (χ1n) is 15.7. The first kappa shape index (κ1) is 41.8. The first-order chi connectivity index (χ1) is 22.8. The van der Waals surface area contributed by atoms with Gasteiger partial charge in [0.15, 0.2) is 11.9 Å². The number of carboxylic acids is 2. The number of thioether (sulfide) groups is 1. The van der Waals surface area contributed by atoms with Crippen molar-refractivity contribution in [3.63, 3.8) is 0 Å². The Balaban J connectivity index is 2.65. The van der Waals surface area contributed by atoms with Crippen LogP contribution >= 0.6 is 11.8 Å². The van der Waals surface area contributed by atoms with Crippen LogP contribution in [0.5, 0.6) is 0 Å². The lowest BCUT2D eigenvalue weighted by atomic mass is 9.75. The maximum atomic E-state index is 12.6. The number of nitrogens with zero attached hydrogens (tertiary/aromatic N) is 2. The third-order valence-corrected chi connectivity index (χ3v) is 10.6. The summed E-state index contributed by atoms with van der Waals surface area (Å²) in [5.41, 5.74) is 22.6. The van der Waals surface area contributed by atoms with Gasteiger partial charge in [0.25, 0.3) is 0 Å². The van der Waals surface area contributed by atoms with E-state index in [1.807, 2.05) is 0 Å². The van der Waals surface area contributed by atoms with Gasteiger partial charge in [-0.25, -0.2) is 9.98 Å². The van der Waals surface area contributed by atoms with Crippen LogP contribution in [0.25, 0.3) is 0 Å². The standard InChI is InChI=1S/C28H49BN8O11S/c1-9(40)34-21(16(42)3-4-38)20-15(37-28(32)33)6-13(26(47)48)24(20)49-18(29)7-11-12(25(45)46)5-14(36-27(30)31)19(11)22(35-10(2)41)23(44)17(43)8-39/h11-24,38-39,42-44H,3-8H2,1-2H3,(H,34,40)(H,35,41)(H,45,46)(H,47,48)(H4,30,31,36)(H4,32,33,37)/t11-,12+,13+,14-,15-,16+,17+,18?,19-,20-,21-,22+,23+,24-/m1/s1. The Morgan fingerprint density at radius 2 is 1.31 bits per heavy atom. The van der Waals surface area contributed by atoms with Crippen LogP contribution in [0, 0.1) is 29.6 Å². The predicted octanol–water partition coefficient (Wildman–Crippen LogP) is -5.22. The van der Waals surface area contributed by atoms with E-state index in [0.29, 0.717) is 0 Å². The molecule has 2 saturated carbocycles. The Morgan fingerprint density at radius 3 is 1.76 bits per heavy atom. The van der Waals surface area contributed by atoms with Crippen molar-refractivity contribution < 1.29 is 54.9 Å². The van der Waals surface area contributed by atoms with Gasteiger partial charge in [0.2, 0.25) is 11.8 Å². The number of aliphatic hydroxyl groups excluding tert-OH is 5. The molecule has 21 heteroatoms. The summed E-state index contributed by atoms with van der Waals surface area (Å²) in [6.07, 6.45) is -5.52. The molecule has 14 atom stereocenters. The molecule has 2 aliphatic carbocycles. The molecule has 0 spiro atoms. The molecule has 17 N–H and O–H groups in total. The maximum absolute atomic E-state index is 12.6. The van der Waals surface area contributed by atoms with Crippen molar-refractivity contribution in [1.29, 1.82) is 0 Å². The minimum Gasteiger partial charge on any atom is -0.481 e. The predicted molar refractivity (Wildman–Crippen MR) is 179 cm³/mol. The van der Waals surface area contributed by atoms with E-state index in [1.165, 1.54) is 6.92 Å². The average Bonchev–Trinajstić information content (AvgIpc) is 3.50. The summed E-state index contributed by atoms with van der Waals surface area (Å²) in [5.74, 6) is -9.86. The second-order valence-corrected chi connectivity index (χ2v) is 14.0. The van der Waals surface area contributed by atoms with E-state index in [9.17, 15) is 54.9 Å². The normalized spacial score (nSPS) is 30.2. The van der Waals surface area contributed by atoms with Crippen molar-refractivity contribution in [3.8, 4) is 0 Å². The highest BCUT2D eigenvalue weighted by molar-refractivity contribution is 8.01. The second kappa shape index (κ2) is 18.6. The number of nitrogens with two attached hydrogens (primary N) is 4. The van der Waals surface area contributed by atoms with E-state index in [2.05, 4.69) is 20.6 Å². The number of guanidine groups is 2. The highest BCUT2D eigenvalue weighted by atomic mass is 32.2. The molecule has 0 aliphatic heterocycles. The SMILES string of the molecule is [B]C(C[C@H]1[C@@H]([C@H](NC(C)=O)[C@@H](O)[C@@H](O)CO)[C@H](N=C(N)N)C[C@@H]1C(=O)O)S[C@H]1[C@@H]([C@H](NC(C)=O)[C@@H](O)CCO)[C@H](N=C(N)N)C[C@@H]1C(=O)O. The van der Waals surface area contributed by atoms with Crippen molar-refractivity contribution in [2.24, 2.45) is 62.5 Å². The third-order valence-electron chi connectivity index (χ3n) is 9.13. The molecule has 2 radical (unpaired) electrons. The quantitative estimate of drug-likeness (QED) is 0.0358. The van der Waals surface area contributed by atoms with Crippen LogP contribution in [-0.2, 0) is 19.2 Å². The molecule has 0 aromatic heterocycles. The molecule has 2 rings (SSSR count). The Labute approximate surface area is 288 Å². The zero-order valence-electron chi connectivity index (χ0n) is 27.3. The number of hydrogen-bond acceptors (Lipinski definition) is 12. The number of carboxylic acid groups (broad SMARTS) is 2. The third kappa shape index (κ3) is 11.1. The zero-order chi connectivity index (χ0) is 37.3. The summed E-state index contributed by atoms with van der Waals surface area (Å²) >= 11 is 0.940. The van der Waals surface area contributed by atoms with Crippen molar-refractivity contribution in [2.45, 2.75) is 92.4 Å². The number of aliphatic imine (C=N–C) groups is 2. The summed E-state index contributed by atoms with van der Waals surface area (Å²) in [6.45, 7) is 0.975. The van der Waals surface area contributed by atoms with Crippen LogP contribution in [0.1, 0.15) is 39.5 Å². The zero-order valence-corrected chi connectivity index (χ0v) is 28.1. The lowest BCUT2D eigenvalue weighted by molar-refractivity contribution is -0.143. The van der Waals surface area contributed by atoms with E-state index in [0.717, 1.165) is 18.7 Å². The fraction of sp³-hybridized carbons (Fsp3) is 0.786. The molecule has 2 amide bonds. The van der Waals surface area contributed by atoms with E-state index in [1.54, 1.807) is 0 Å². The van der Waals surface area contributed by atoms with Crippen molar-refractivity contribution in [2.75, 3.05) is 13.2 Å². The van der Waals surface area contributed by atoms with Crippen molar-refractivity contribution in [1.82, 2.24) is 10.6 Å². The van der Waals surface area contributed by atoms with Gasteiger partial charge in [-0.3, -0.25) is 19.2 Å². The number of carbonyl (C=O) groups excluding carboxylic acids is 2. The molecule has 1 unspecified atom stereocenters. The van der Waals surface area contributed by atoms with Crippen LogP contribution in [0.3, 0.4) is 0 Å². The van der Waals surface area contributed by atoms with Crippen LogP contribution in [0.15, 0.2) is 9.98 Å². The number of carbonyl (C=O) groups is 4. The Bertz CT molecular complexity index is 1230. The molecule has 0 saturated heterocycles. The Morgan fingerprint density at radius 1 is 0.816 bits per heavy atom. The fourth-order valence-electron chi connectivity index (χ4n) is 7.34. The van der Waals surface area contributed by atoms with Crippen LogP contribution in [0.4, 0.5) is 0 Å². The lowest BCUT2D eigenvalue weighted by Crippen LogP contribution is -2.56. The second-order valence-electron chi connectivity index (χ2n) is 12.6. The highest BCUT2D eigenvalue weighted by Gasteiger charge is 2.55. The molecule has 2 aliphatic rings. The molecule has 49 heavy (non-hydrogen) atoms. The molecular formula is C28H49BN8O11S. The van der Waals surface area contributed by atoms with E-state index < -0.39 is 125 Å². The highest BCUT2D eigenvalue weighted by Crippen LogP contribution is 2.49. The molecule has 19 nitrogen and oxygen atoms in total. The monoisotopic (exact) mass is 716 g/mol. The number of rotatable bonds is 18. The molecule has 2 fully saturated rings. The summed E-state index contributed by atoms with van der Waals surface area (Å²) in [6, 6.07) is -4.42. The number of amides is 2. The van der Waals surface area contributed by atoms with Gasteiger partial charge in [0.05, 0.1) is 56.6 Å². The van der Waals surface area contributed by atoms with Gasteiger partial charge >= 0.3 is 11.9 Å². The molecule has 0 bridgehead atoms. The van der Waals surface area contributed by atoms with Gasteiger partial charge in [-0.05, 0) is 36.8 Å². The van der Waals surface area contributed by atoms with Gasteiger partial charge in [-0.15, -0.1) is 0 Å². The summed E-state index contributed by atoms with van der Waals surface area (Å²) in [5, 5.41) is 75.1. The first-order valence-corrected chi connectivity index (χ1v) is 16.6. The largest absolute Gasteiger partial charge is 0.481 e. The fourth-order valence-corrected chi connectivity index (χ4v) is 9.03. The Hall–Kier alpha value is -3.37. The topological polar surface area (TPSA) is 363 Å². The minimum atomic E-state index is -1.79. The van der Waals surface area contributed by atoms with E-state index in [4.69, 9.17) is 30.8 Å². The minimum absolute atomic E-state index is 0.115. The van der Waals surface area contributed by atoms with Gasteiger partial charge in [0, 0.05) is 37.5 Å². The molecule has 0 aromatic rings. The van der Waals surface area contributed by atoms with E-state index >= 15 is 0 Å².